The Morgan fingerprint density at radius 3 is 2.84 bits per heavy atom. The van der Waals surface area contributed by atoms with Crippen LogP contribution in [0.25, 0.3) is 0 Å². The summed E-state index contributed by atoms with van der Waals surface area (Å²) in [5, 5.41) is 5.03. The van der Waals surface area contributed by atoms with Gasteiger partial charge in [-0.3, -0.25) is 0 Å². The number of nitrogens with zero attached hydrogens (tertiary/aromatic N) is 1. The number of methoxy groups -OCH3 is 1. The molecule has 0 aromatic carbocycles. The van der Waals surface area contributed by atoms with Crippen molar-refractivity contribution in [1.29, 1.82) is 0 Å². The largest absolute Gasteiger partial charge is 0.383 e. The molecule has 3 rings (SSSR count). The maximum atomic E-state index is 5.19. The number of hydrogen-bond acceptors (Lipinski definition) is 4. The van der Waals surface area contributed by atoms with Gasteiger partial charge in [-0.15, -0.1) is 11.3 Å². The van der Waals surface area contributed by atoms with Crippen LogP contribution in [0, 0.1) is 5.41 Å². The van der Waals surface area contributed by atoms with Crippen LogP contribution in [0.3, 0.4) is 0 Å². The van der Waals surface area contributed by atoms with Gasteiger partial charge < -0.3 is 10.1 Å². The highest BCUT2D eigenvalue weighted by Crippen LogP contribution is 2.58. The van der Waals surface area contributed by atoms with Crippen LogP contribution >= 0.6 is 11.3 Å². The van der Waals surface area contributed by atoms with Gasteiger partial charge in [0.05, 0.1) is 17.8 Å². The molecule has 1 atom stereocenters. The van der Waals surface area contributed by atoms with Crippen molar-refractivity contribution in [3.05, 3.63) is 15.6 Å². The van der Waals surface area contributed by atoms with Crippen molar-refractivity contribution in [2.45, 2.75) is 51.5 Å². The molecule has 1 N–H and O–H groups in total. The molecule has 0 spiro atoms. The van der Waals surface area contributed by atoms with Gasteiger partial charge in [-0.1, -0.05) is 6.92 Å². The highest BCUT2D eigenvalue weighted by Gasteiger charge is 2.55. The number of aryl methyl sites for hydroxylation is 2. The zero-order valence-electron chi connectivity index (χ0n) is 12.2. The van der Waals surface area contributed by atoms with E-state index in [0.717, 1.165) is 13.2 Å². The van der Waals surface area contributed by atoms with Crippen molar-refractivity contribution in [2.75, 3.05) is 20.3 Å². The van der Waals surface area contributed by atoms with E-state index in [0.29, 0.717) is 5.41 Å². The smallest absolute Gasteiger partial charge is 0.114 e. The molecule has 0 saturated heterocycles. The number of hydrogen-bond donors (Lipinski definition) is 1. The molecule has 2 aliphatic carbocycles. The Labute approximate surface area is 119 Å². The van der Waals surface area contributed by atoms with Gasteiger partial charge in [0.1, 0.15) is 5.01 Å². The minimum atomic E-state index is 0.0144. The molecule has 1 fully saturated rings. The van der Waals surface area contributed by atoms with Gasteiger partial charge in [-0.25, -0.2) is 4.98 Å². The van der Waals surface area contributed by atoms with Gasteiger partial charge >= 0.3 is 0 Å². The van der Waals surface area contributed by atoms with Crippen LogP contribution in [0.2, 0.25) is 0 Å². The predicted molar refractivity (Wildman–Crippen MR) is 78.7 cm³/mol. The first-order chi connectivity index (χ1) is 9.09. The normalized spacial score (nSPS) is 23.1. The van der Waals surface area contributed by atoms with E-state index in [1.54, 1.807) is 7.11 Å². The lowest BCUT2D eigenvalue weighted by Crippen LogP contribution is -2.47. The van der Waals surface area contributed by atoms with Crippen molar-refractivity contribution >= 4 is 11.3 Å². The lowest BCUT2D eigenvalue weighted by atomic mass is 9.84. The molecule has 2 aliphatic rings. The molecule has 0 aliphatic heterocycles. The summed E-state index contributed by atoms with van der Waals surface area (Å²) in [7, 11) is 1.76. The van der Waals surface area contributed by atoms with E-state index < -0.39 is 0 Å². The lowest BCUT2D eigenvalue weighted by Gasteiger charge is -2.35. The Morgan fingerprint density at radius 2 is 2.21 bits per heavy atom. The van der Waals surface area contributed by atoms with E-state index in [1.165, 1.54) is 47.7 Å². The first-order valence-corrected chi connectivity index (χ1v) is 8.14. The van der Waals surface area contributed by atoms with Gasteiger partial charge in [0.15, 0.2) is 0 Å². The van der Waals surface area contributed by atoms with Crippen LogP contribution in [-0.4, -0.2) is 25.2 Å². The van der Waals surface area contributed by atoms with E-state index >= 15 is 0 Å². The fourth-order valence-electron chi connectivity index (χ4n) is 3.04. The Hall–Kier alpha value is -0.450. The van der Waals surface area contributed by atoms with E-state index in [4.69, 9.17) is 9.72 Å². The molecule has 1 saturated carbocycles. The Balaban J connectivity index is 1.85. The Morgan fingerprint density at radius 1 is 1.42 bits per heavy atom. The van der Waals surface area contributed by atoms with E-state index in [2.05, 4.69) is 19.2 Å². The number of fused-ring (bicyclic) bond motifs is 1. The van der Waals surface area contributed by atoms with E-state index in [1.807, 2.05) is 11.3 Å². The third-order valence-corrected chi connectivity index (χ3v) is 6.39. The van der Waals surface area contributed by atoms with Gasteiger partial charge in [-0.05, 0) is 44.4 Å². The summed E-state index contributed by atoms with van der Waals surface area (Å²) in [6, 6.07) is 0. The summed E-state index contributed by atoms with van der Waals surface area (Å²) in [6.07, 6.45) is 6.30. The van der Waals surface area contributed by atoms with E-state index in [9.17, 15) is 0 Å². The first-order valence-electron chi connectivity index (χ1n) is 7.32. The zero-order valence-corrected chi connectivity index (χ0v) is 13.0. The van der Waals surface area contributed by atoms with Gasteiger partial charge in [0.25, 0.3) is 0 Å². The van der Waals surface area contributed by atoms with Crippen molar-refractivity contribution in [3.8, 4) is 0 Å². The SMILES string of the molecule is COCCNC(C)(c1nc2c(s1)CCC2)C1(C)CC1. The molecule has 3 nitrogen and oxygen atoms in total. The third-order valence-electron chi connectivity index (χ3n) is 5.02. The standard InChI is InChI=1S/C15H24N2OS/c1-14(7-8-14)15(2,16-9-10-18-3)13-17-11-5-4-6-12(11)19-13/h16H,4-10H2,1-3H3. The quantitative estimate of drug-likeness (QED) is 0.814. The van der Waals surface area contributed by atoms with Crippen LogP contribution in [0.15, 0.2) is 0 Å². The number of thiazole rings is 1. The minimum absolute atomic E-state index is 0.0144. The van der Waals surface area contributed by atoms with Gasteiger partial charge in [0, 0.05) is 18.5 Å². The summed E-state index contributed by atoms with van der Waals surface area (Å²) in [5.74, 6) is 0. The monoisotopic (exact) mass is 280 g/mol. The van der Waals surface area contributed by atoms with Gasteiger partial charge in [-0.2, -0.15) is 0 Å². The number of rotatable bonds is 6. The highest BCUT2D eigenvalue weighted by atomic mass is 32.1. The van der Waals surface area contributed by atoms with Crippen molar-refractivity contribution in [3.63, 3.8) is 0 Å². The Kier molecular flexibility index (Phi) is 3.44. The molecule has 0 amide bonds. The average molecular weight is 280 g/mol. The summed E-state index contributed by atoms with van der Waals surface area (Å²) in [6.45, 7) is 6.38. The summed E-state index contributed by atoms with van der Waals surface area (Å²) < 4.78 is 5.19. The van der Waals surface area contributed by atoms with E-state index in [-0.39, 0.29) is 5.54 Å². The maximum absolute atomic E-state index is 5.19. The number of nitrogens with one attached hydrogen (secondary N) is 1. The van der Waals surface area contributed by atoms with Crippen LogP contribution in [0.5, 0.6) is 0 Å². The second kappa shape index (κ2) is 4.83. The van der Waals surface area contributed by atoms with Crippen molar-refractivity contribution in [2.24, 2.45) is 5.41 Å². The molecular weight excluding hydrogens is 256 g/mol. The summed E-state index contributed by atoms with van der Waals surface area (Å²) in [4.78, 5) is 6.49. The average Bonchev–Trinajstić information content (AvgIpc) is 2.84. The van der Waals surface area contributed by atoms with Crippen molar-refractivity contribution in [1.82, 2.24) is 10.3 Å². The second-order valence-corrected chi connectivity index (χ2v) is 7.43. The zero-order chi connectivity index (χ0) is 13.5. The molecule has 1 heterocycles. The molecule has 1 aromatic rings. The summed E-state index contributed by atoms with van der Waals surface area (Å²) >= 11 is 1.94. The molecule has 0 bridgehead atoms. The third kappa shape index (κ3) is 2.24. The lowest BCUT2D eigenvalue weighted by molar-refractivity contribution is 0.162. The molecule has 0 radical (unpaired) electrons. The second-order valence-electron chi connectivity index (χ2n) is 6.35. The van der Waals surface area contributed by atoms with Crippen LogP contribution in [-0.2, 0) is 23.1 Å². The molecule has 19 heavy (non-hydrogen) atoms. The first kappa shape index (κ1) is 13.5. The molecular formula is C15H24N2OS. The fourth-order valence-corrected chi connectivity index (χ4v) is 4.47. The van der Waals surface area contributed by atoms with Crippen LogP contribution in [0.1, 0.15) is 48.7 Å². The Bertz CT molecular complexity index is 445. The summed E-state index contributed by atoms with van der Waals surface area (Å²) in [5.41, 5.74) is 1.75. The van der Waals surface area contributed by atoms with Crippen LogP contribution in [0.4, 0.5) is 0 Å². The molecule has 1 aromatic heterocycles. The molecule has 4 heteroatoms. The molecule has 1 unspecified atom stereocenters. The predicted octanol–water partition coefficient (Wildman–Crippen LogP) is 2.88. The number of ether oxygens (including phenoxy) is 1. The van der Waals surface area contributed by atoms with Crippen LogP contribution < -0.4 is 5.32 Å². The van der Waals surface area contributed by atoms with Gasteiger partial charge in [0.2, 0.25) is 0 Å². The van der Waals surface area contributed by atoms with Crippen molar-refractivity contribution < 1.29 is 4.74 Å². The topological polar surface area (TPSA) is 34.1 Å². The fraction of sp³-hybridized carbons (Fsp3) is 0.800. The minimum Gasteiger partial charge on any atom is -0.383 e. The molecule has 106 valence electrons. The number of aromatic nitrogens is 1. The maximum Gasteiger partial charge on any atom is 0.114 e. The highest BCUT2D eigenvalue weighted by molar-refractivity contribution is 7.12.